The minimum Gasteiger partial charge on any atom is -0.397 e. The Morgan fingerprint density at radius 3 is 2.94 bits per heavy atom. The summed E-state index contributed by atoms with van der Waals surface area (Å²) in [5.74, 6) is -0.0811. The first-order valence-electron chi connectivity index (χ1n) is 6.06. The zero-order valence-electron chi connectivity index (χ0n) is 9.85. The summed E-state index contributed by atoms with van der Waals surface area (Å²) in [6.45, 7) is 0. The van der Waals surface area contributed by atoms with Crippen molar-refractivity contribution >= 4 is 33.1 Å². The third-order valence-electron chi connectivity index (χ3n) is 3.32. The first-order chi connectivity index (χ1) is 8.75. The molecule has 0 aliphatic heterocycles. The zero-order chi connectivity index (χ0) is 12.5. The van der Waals surface area contributed by atoms with Gasteiger partial charge in [0.15, 0.2) is 0 Å². The number of fused-ring (bicyclic) bond motifs is 1. The van der Waals surface area contributed by atoms with E-state index in [0.717, 1.165) is 18.2 Å². The van der Waals surface area contributed by atoms with Gasteiger partial charge in [-0.3, -0.25) is 4.79 Å². The lowest BCUT2D eigenvalue weighted by atomic mass is 10.2. The van der Waals surface area contributed by atoms with Gasteiger partial charge in [-0.15, -0.1) is 16.4 Å². The van der Waals surface area contributed by atoms with Crippen LogP contribution in [0.1, 0.15) is 35.4 Å². The standard InChI is InChI=1S/C12H14N4OS/c13-9-8-5-6-14-16-12(8)18-10(9)11(17)15-7-3-1-2-4-7/h5-7H,1-4,13H2,(H,15,17). The number of hydrogen-bond acceptors (Lipinski definition) is 5. The summed E-state index contributed by atoms with van der Waals surface area (Å²) in [4.78, 5) is 13.4. The number of carbonyl (C=O) groups is 1. The van der Waals surface area contributed by atoms with Crippen molar-refractivity contribution in [1.82, 2.24) is 15.5 Å². The number of nitrogens with zero attached hydrogens (tertiary/aromatic N) is 2. The molecule has 0 atom stereocenters. The van der Waals surface area contributed by atoms with Crippen molar-refractivity contribution in [2.24, 2.45) is 0 Å². The highest BCUT2D eigenvalue weighted by Crippen LogP contribution is 2.31. The second-order valence-electron chi connectivity index (χ2n) is 4.55. The molecule has 0 bridgehead atoms. The molecule has 2 heterocycles. The maximum absolute atomic E-state index is 12.2. The lowest BCUT2D eigenvalue weighted by molar-refractivity contribution is 0.0943. The number of nitrogen functional groups attached to an aromatic ring is 1. The molecule has 0 aromatic carbocycles. The van der Waals surface area contributed by atoms with Gasteiger partial charge >= 0.3 is 0 Å². The summed E-state index contributed by atoms with van der Waals surface area (Å²) >= 11 is 1.30. The molecule has 3 N–H and O–H groups in total. The van der Waals surface area contributed by atoms with Crippen LogP contribution in [-0.2, 0) is 0 Å². The lowest BCUT2D eigenvalue weighted by Gasteiger charge is -2.10. The van der Waals surface area contributed by atoms with Gasteiger partial charge in [0, 0.05) is 11.4 Å². The third-order valence-corrected chi connectivity index (χ3v) is 4.42. The number of nitrogens with one attached hydrogen (secondary N) is 1. The fourth-order valence-corrected chi connectivity index (χ4v) is 3.30. The van der Waals surface area contributed by atoms with Crippen LogP contribution in [0.4, 0.5) is 5.69 Å². The van der Waals surface area contributed by atoms with Crippen LogP contribution in [0.2, 0.25) is 0 Å². The molecule has 2 aromatic rings. The van der Waals surface area contributed by atoms with Crippen LogP contribution >= 0.6 is 11.3 Å². The van der Waals surface area contributed by atoms with E-state index in [-0.39, 0.29) is 5.91 Å². The zero-order valence-corrected chi connectivity index (χ0v) is 10.7. The van der Waals surface area contributed by atoms with Gasteiger partial charge in [-0.2, -0.15) is 5.10 Å². The number of thiophene rings is 1. The average Bonchev–Trinajstić information content (AvgIpc) is 2.98. The predicted octanol–water partition coefficient (Wildman–Crippen LogP) is 1.95. The van der Waals surface area contributed by atoms with Crippen LogP contribution in [0.15, 0.2) is 12.3 Å². The second kappa shape index (κ2) is 4.53. The van der Waals surface area contributed by atoms with Gasteiger partial charge in [0.2, 0.25) is 0 Å². The van der Waals surface area contributed by atoms with Crippen LogP contribution in [-0.4, -0.2) is 22.1 Å². The minimum atomic E-state index is -0.0811. The summed E-state index contributed by atoms with van der Waals surface area (Å²) in [5.41, 5.74) is 6.51. The lowest BCUT2D eigenvalue weighted by Crippen LogP contribution is -2.32. The molecule has 18 heavy (non-hydrogen) atoms. The molecular formula is C12H14N4OS. The van der Waals surface area contributed by atoms with Crippen molar-refractivity contribution in [2.75, 3.05) is 5.73 Å². The highest BCUT2D eigenvalue weighted by molar-refractivity contribution is 7.21. The molecule has 3 rings (SSSR count). The molecule has 2 aromatic heterocycles. The fourth-order valence-electron chi connectivity index (χ4n) is 2.36. The van der Waals surface area contributed by atoms with Gasteiger partial charge in [-0.1, -0.05) is 12.8 Å². The largest absolute Gasteiger partial charge is 0.397 e. The summed E-state index contributed by atoms with van der Waals surface area (Å²) in [5, 5.41) is 11.6. The Kier molecular flexibility index (Phi) is 2.87. The van der Waals surface area contributed by atoms with E-state index in [0.29, 0.717) is 21.4 Å². The van der Waals surface area contributed by atoms with Gasteiger partial charge in [-0.05, 0) is 18.9 Å². The number of anilines is 1. The molecule has 1 aliphatic rings. The van der Waals surface area contributed by atoms with Gasteiger partial charge < -0.3 is 11.1 Å². The Hall–Kier alpha value is -1.69. The van der Waals surface area contributed by atoms with Crippen molar-refractivity contribution in [3.05, 3.63) is 17.1 Å². The molecular weight excluding hydrogens is 248 g/mol. The van der Waals surface area contributed by atoms with Crippen molar-refractivity contribution in [2.45, 2.75) is 31.7 Å². The fraction of sp³-hybridized carbons (Fsp3) is 0.417. The van der Waals surface area contributed by atoms with Gasteiger partial charge in [0.05, 0.1) is 11.9 Å². The summed E-state index contributed by atoms with van der Waals surface area (Å²) in [7, 11) is 0. The maximum Gasteiger partial charge on any atom is 0.263 e. The highest BCUT2D eigenvalue weighted by atomic mass is 32.1. The van der Waals surface area contributed by atoms with E-state index in [9.17, 15) is 4.79 Å². The molecule has 0 unspecified atom stereocenters. The van der Waals surface area contributed by atoms with Crippen molar-refractivity contribution in [3.63, 3.8) is 0 Å². The van der Waals surface area contributed by atoms with Crippen molar-refractivity contribution < 1.29 is 4.79 Å². The third kappa shape index (κ3) is 1.92. The second-order valence-corrected chi connectivity index (χ2v) is 5.55. The number of carbonyl (C=O) groups excluding carboxylic acids is 1. The SMILES string of the molecule is Nc1c(C(=O)NC2CCCC2)sc2nnccc12. The summed E-state index contributed by atoms with van der Waals surface area (Å²) in [6, 6.07) is 2.09. The normalized spacial score (nSPS) is 16.2. The number of nitrogens with two attached hydrogens (primary N) is 1. The molecule has 0 radical (unpaired) electrons. The Bertz CT molecular complexity index is 589. The van der Waals surface area contributed by atoms with Crippen LogP contribution < -0.4 is 11.1 Å². The summed E-state index contributed by atoms with van der Waals surface area (Å²) in [6.07, 6.45) is 6.10. The Balaban J connectivity index is 1.88. The molecule has 1 amide bonds. The Labute approximate surface area is 108 Å². The average molecular weight is 262 g/mol. The molecule has 0 saturated heterocycles. The van der Waals surface area contributed by atoms with Crippen LogP contribution in [0, 0.1) is 0 Å². The number of rotatable bonds is 2. The van der Waals surface area contributed by atoms with Crippen molar-refractivity contribution in [3.8, 4) is 0 Å². The molecule has 1 aliphatic carbocycles. The highest BCUT2D eigenvalue weighted by Gasteiger charge is 2.22. The number of hydrogen-bond donors (Lipinski definition) is 2. The summed E-state index contributed by atoms with van der Waals surface area (Å²) < 4.78 is 0. The maximum atomic E-state index is 12.2. The molecule has 0 spiro atoms. The van der Waals surface area contributed by atoms with Gasteiger partial charge in [0.1, 0.15) is 9.71 Å². The molecule has 6 heteroatoms. The van der Waals surface area contributed by atoms with E-state index in [1.165, 1.54) is 24.2 Å². The first kappa shape index (κ1) is 11.4. The van der Waals surface area contributed by atoms with E-state index in [4.69, 9.17) is 5.73 Å². The number of amides is 1. The molecule has 1 saturated carbocycles. The van der Waals surface area contributed by atoms with Crippen molar-refractivity contribution in [1.29, 1.82) is 0 Å². The van der Waals surface area contributed by atoms with Crippen LogP contribution in [0.5, 0.6) is 0 Å². The van der Waals surface area contributed by atoms with Crippen LogP contribution in [0.3, 0.4) is 0 Å². The van der Waals surface area contributed by atoms with Gasteiger partial charge in [-0.25, -0.2) is 0 Å². The predicted molar refractivity (Wildman–Crippen MR) is 71.5 cm³/mol. The quantitative estimate of drug-likeness (QED) is 0.866. The van der Waals surface area contributed by atoms with E-state index >= 15 is 0 Å². The van der Waals surface area contributed by atoms with Crippen LogP contribution in [0.25, 0.3) is 10.2 Å². The van der Waals surface area contributed by atoms with E-state index < -0.39 is 0 Å². The van der Waals surface area contributed by atoms with Gasteiger partial charge in [0.25, 0.3) is 5.91 Å². The molecule has 5 nitrogen and oxygen atoms in total. The molecule has 94 valence electrons. The number of aromatic nitrogens is 2. The van der Waals surface area contributed by atoms with E-state index in [1.54, 1.807) is 12.3 Å². The topological polar surface area (TPSA) is 80.9 Å². The Morgan fingerprint density at radius 1 is 1.44 bits per heavy atom. The minimum absolute atomic E-state index is 0.0811. The molecule has 1 fully saturated rings. The smallest absolute Gasteiger partial charge is 0.263 e. The van der Waals surface area contributed by atoms with E-state index in [1.807, 2.05) is 0 Å². The monoisotopic (exact) mass is 262 g/mol. The first-order valence-corrected chi connectivity index (χ1v) is 6.88. The Morgan fingerprint density at radius 2 is 2.22 bits per heavy atom. The van der Waals surface area contributed by atoms with E-state index in [2.05, 4.69) is 15.5 Å².